The van der Waals surface area contributed by atoms with Gasteiger partial charge in [-0.25, -0.2) is 9.78 Å². The van der Waals surface area contributed by atoms with E-state index in [1.165, 1.54) is 4.90 Å². The summed E-state index contributed by atoms with van der Waals surface area (Å²) in [6.07, 6.45) is 4.57. The highest BCUT2D eigenvalue weighted by atomic mass is 16.5. The van der Waals surface area contributed by atoms with Crippen LogP contribution in [0.5, 0.6) is 5.75 Å². The number of anilines is 2. The number of rotatable bonds is 5. The minimum atomic E-state index is -0.832. The van der Waals surface area contributed by atoms with Crippen LogP contribution in [0.3, 0.4) is 0 Å². The molecular formula is C25H27N5O3. The Labute approximate surface area is 191 Å². The third kappa shape index (κ3) is 4.11. The Morgan fingerprint density at radius 2 is 2.03 bits per heavy atom. The van der Waals surface area contributed by atoms with Crippen LogP contribution in [0.25, 0.3) is 16.6 Å². The standard InChI is InChI=1S/C25H27N5O3/c1-16-14-30(15-26-16)23-7-6-18(12-24(23)33-2)27-20-4-3-5-21-19(20)13-22(28-21)17-8-10-29(11-9-17)25(31)32/h3-7,12-15,17,27-28H,8-11H2,1-2H3,(H,31,32). The number of amides is 1. The Hall–Kier alpha value is -3.94. The maximum atomic E-state index is 11.2. The average Bonchev–Trinajstić information content (AvgIpc) is 3.46. The number of fused-ring (bicyclic) bond motifs is 1. The second kappa shape index (κ2) is 8.54. The van der Waals surface area contributed by atoms with Gasteiger partial charge in [0, 0.05) is 59.2 Å². The molecule has 3 N–H and O–H groups in total. The van der Waals surface area contributed by atoms with Crippen LogP contribution in [-0.2, 0) is 0 Å². The van der Waals surface area contributed by atoms with Gasteiger partial charge in [-0.1, -0.05) is 6.07 Å². The topological polar surface area (TPSA) is 95.4 Å². The lowest BCUT2D eigenvalue weighted by Crippen LogP contribution is -2.36. The Kier molecular flexibility index (Phi) is 5.42. The average molecular weight is 446 g/mol. The first-order chi connectivity index (χ1) is 16.0. The quantitative estimate of drug-likeness (QED) is 0.389. The summed E-state index contributed by atoms with van der Waals surface area (Å²) in [5.74, 6) is 1.09. The van der Waals surface area contributed by atoms with Gasteiger partial charge in [-0.05, 0) is 50.1 Å². The molecule has 3 heterocycles. The molecule has 5 rings (SSSR count). The maximum absolute atomic E-state index is 11.2. The molecule has 1 fully saturated rings. The lowest BCUT2D eigenvalue weighted by molar-refractivity contribution is 0.132. The highest BCUT2D eigenvalue weighted by Gasteiger charge is 2.24. The van der Waals surface area contributed by atoms with E-state index in [0.29, 0.717) is 19.0 Å². The predicted molar refractivity (Wildman–Crippen MR) is 128 cm³/mol. The number of hydrogen-bond acceptors (Lipinski definition) is 4. The number of imidazole rings is 1. The van der Waals surface area contributed by atoms with Gasteiger partial charge >= 0.3 is 6.09 Å². The fourth-order valence-corrected chi connectivity index (χ4v) is 4.56. The molecule has 0 spiro atoms. The molecule has 1 aliphatic rings. The first kappa shape index (κ1) is 20.9. The molecule has 170 valence electrons. The third-order valence-electron chi connectivity index (χ3n) is 6.34. The van der Waals surface area contributed by atoms with Gasteiger partial charge in [0.25, 0.3) is 0 Å². The van der Waals surface area contributed by atoms with Gasteiger partial charge < -0.3 is 29.6 Å². The van der Waals surface area contributed by atoms with E-state index in [0.717, 1.165) is 57.9 Å². The zero-order valence-electron chi connectivity index (χ0n) is 18.7. The third-order valence-corrected chi connectivity index (χ3v) is 6.34. The first-order valence-corrected chi connectivity index (χ1v) is 11.1. The van der Waals surface area contributed by atoms with E-state index in [1.54, 1.807) is 13.4 Å². The summed E-state index contributed by atoms with van der Waals surface area (Å²) in [4.78, 5) is 20.5. The van der Waals surface area contributed by atoms with Gasteiger partial charge in [0.2, 0.25) is 0 Å². The second-order valence-electron chi connectivity index (χ2n) is 8.47. The molecule has 4 aromatic rings. The number of methoxy groups -OCH3 is 1. The number of hydrogen-bond donors (Lipinski definition) is 3. The molecule has 8 heteroatoms. The summed E-state index contributed by atoms with van der Waals surface area (Å²) in [5.41, 5.74) is 6.03. The first-order valence-electron chi connectivity index (χ1n) is 11.1. The zero-order chi connectivity index (χ0) is 22.9. The number of piperidine rings is 1. The van der Waals surface area contributed by atoms with Crippen molar-refractivity contribution in [3.05, 3.63) is 66.4 Å². The summed E-state index contributed by atoms with van der Waals surface area (Å²) in [5, 5.41) is 13.8. The van der Waals surface area contributed by atoms with Gasteiger partial charge in [0.15, 0.2) is 0 Å². The molecule has 0 saturated carbocycles. The molecule has 1 saturated heterocycles. The van der Waals surface area contributed by atoms with Crippen molar-refractivity contribution in [2.45, 2.75) is 25.7 Å². The van der Waals surface area contributed by atoms with Crippen molar-refractivity contribution in [1.82, 2.24) is 19.4 Å². The van der Waals surface area contributed by atoms with Crippen LogP contribution in [0.1, 0.15) is 30.1 Å². The van der Waals surface area contributed by atoms with E-state index in [9.17, 15) is 9.90 Å². The molecule has 1 amide bonds. The molecule has 8 nitrogen and oxygen atoms in total. The molecule has 0 radical (unpaired) electrons. The van der Waals surface area contributed by atoms with Gasteiger partial charge in [-0.2, -0.15) is 0 Å². The number of aromatic amines is 1. The number of H-pyrrole nitrogens is 1. The number of aromatic nitrogens is 3. The van der Waals surface area contributed by atoms with Crippen molar-refractivity contribution in [1.29, 1.82) is 0 Å². The molecule has 0 bridgehead atoms. The summed E-state index contributed by atoms with van der Waals surface area (Å²) < 4.78 is 7.59. The van der Waals surface area contributed by atoms with Gasteiger partial charge in [-0.15, -0.1) is 0 Å². The second-order valence-corrected chi connectivity index (χ2v) is 8.47. The smallest absolute Gasteiger partial charge is 0.407 e. The van der Waals surface area contributed by atoms with Crippen molar-refractivity contribution in [2.75, 3.05) is 25.5 Å². The summed E-state index contributed by atoms with van der Waals surface area (Å²) in [6, 6.07) is 14.4. The lowest BCUT2D eigenvalue weighted by Gasteiger charge is -2.29. The van der Waals surface area contributed by atoms with Crippen LogP contribution in [0.4, 0.5) is 16.2 Å². The van der Waals surface area contributed by atoms with Crippen molar-refractivity contribution >= 4 is 28.4 Å². The number of nitrogens with one attached hydrogen (secondary N) is 2. The van der Waals surface area contributed by atoms with Crippen LogP contribution in [0, 0.1) is 6.92 Å². The molecule has 0 unspecified atom stereocenters. The number of likely N-dealkylation sites (tertiary alicyclic amines) is 1. The van der Waals surface area contributed by atoms with Crippen molar-refractivity contribution in [3.8, 4) is 11.4 Å². The fraction of sp³-hybridized carbons (Fsp3) is 0.280. The largest absolute Gasteiger partial charge is 0.494 e. The molecule has 0 aliphatic carbocycles. The molecule has 2 aromatic heterocycles. The molecular weight excluding hydrogens is 418 g/mol. The van der Waals surface area contributed by atoms with E-state index in [4.69, 9.17) is 4.74 Å². The predicted octanol–water partition coefficient (Wildman–Crippen LogP) is 5.27. The van der Waals surface area contributed by atoms with Crippen molar-refractivity contribution < 1.29 is 14.6 Å². The number of carboxylic acid groups (broad SMARTS) is 1. The van der Waals surface area contributed by atoms with E-state index in [1.807, 2.05) is 42.0 Å². The number of carbonyl (C=O) groups is 1. The lowest BCUT2D eigenvalue weighted by atomic mass is 9.94. The van der Waals surface area contributed by atoms with Crippen LogP contribution in [-0.4, -0.2) is 50.8 Å². The van der Waals surface area contributed by atoms with Gasteiger partial charge in [0.1, 0.15) is 5.75 Å². The normalized spacial score (nSPS) is 14.5. The molecule has 2 aromatic carbocycles. The van der Waals surface area contributed by atoms with E-state index < -0.39 is 6.09 Å². The van der Waals surface area contributed by atoms with E-state index >= 15 is 0 Å². The minimum Gasteiger partial charge on any atom is -0.494 e. The SMILES string of the molecule is COc1cc(Nc2cccc3[nH]c(C4CCN(C(=O)O)CC4)cc23)ccc1-n1cnc(C)c1. The number of ether oxygens (including phenoxy) is 1. The highest BCUT2D eigenvalue weighted by molar-refractivity contribution is 5.94. The van der Waals surface area contributed by atoms with Crippen molar-refractivity contribution in [3.63, 3.8) is 0 Å². The Balaban J connectivity index is 1.40. The Morgan fingerprint density at radius 1 is 1.21 bits per heavy atom. The highest BCUT2D eigenvalue weighted by Crippen LogP contribution is 2.35. The Bertz CT molecular complexity index is 1300. The monoisotopic (exact) mass is 445 g/mol. The van der Waals surface area contributed by atoms with Crippen LogP contribution >= 0.6 is 0 Å². The van der Waals surface area contributed by atoms with Gasteiger partial charge in [0.05, 0.1) is 24.8 Å². The van der Waals surface area contributed by atoms with Crippen LogP contribution in [0.2, 0.25) is 0 Å². The summed E-state index contributed by atoms with van der Waals surface area (Å²) >= 11 is 0. The minimum absolute atomic E-state index is 0.332. The van der Waals surface area contributed by atoms with E-state index in [-0.39, 0.29) is 0 Å². The van der Waals surface area contributed by atoms with E-state index in [2.05, 4.69) is 33.5 Å². The molecule has 0 atom stereocenters. The summed E-state index contributed by atoms with van der Waals surface area (Å²) in [7, 11) is 1.67. The van der Waals surface area contributed by atoms with Crippen LogP contribution < -0.4 is 10.1 Å². The van der Waals surface area contributed by atoms with Gasteiger partial charge in [-0.3, -0.25) is 0 Å². The number of aryl methyl sites for hydroxylation is 1. The fourth-order valence-electron chi connectivity index (χ4n) is 4.56. The zero-order valence-corrected chi connectivity index (χ0v) is 18.7. The van der Waals surface area contributed by atoms with Crippen molar-refractivity contribution in [2.24, 2.45) is 0 Å². The molecule has 33 heavy (non-hydrogen) atoms. The summed E-state index contributed by atoms with van der Waals surface area (Å²) in [6.45, 7) is 3.10. The number of benzene rings is 2. The maximum Gasteiger partial charge on any atom is 0.407 e. The Morgan fingerprint density at radius 3 is 2.73 bits per heavy atom. The molecule has 1 aliphatic heterocycles. The van der Waals surface area contributed by atoms with Crippen LogP contribution in [0.15, 0.2) is 55.0 Å². The number of nitrogens with zero attached hydrogens (tertiary/aromatic N) is 3.